The van der Waals surface area contributed by atoms with Gasteiger partial charge in [0.25, 0.3) is 0 Å². The molecule has 0 heterocycles. The molecular weight excluding hydrogens is 208 g/mol. The highest BCUT2D eigenvalue weighted by Gasteiger charge is 2.27. The second-order valence-electron chi connectivity index (χ2n) is 6.04. The molecule has 0 amide bonds. The predicted molar refractivity (Wildman–Crippen MR) is 74.3 cm³/mol. The Morgan fingerprint density at radius 1 is 0.765 bits per heavy atom. The molecule has 2 heteroatoms. The maximum atomic E-state index is 4.87. The van der Waals surface area contributed by atoms with E-state index in [1.165, 1.54) is 64.2 Å². The van der Waals surface area contributed by atoms with Gasteiger partial charge >= 0.3 is 0 Å². The van der Waals surface area contributed by atoms with Crippen molar-refractivity contribution in [2.24, 2.45) is 16.9 Å². The number of rotatable bonds is 3. The molecule has 0 aliphatic heterocycles. The summed E-state index contributed by atoms with van der Waals surface area (Å²) in [5.74, 6) is 1.60. The lowest BCUT2D eigenvalue weighted by atomic mass is 9.76. The first-order chi connectivity index (χ1) is 8.27. The maximum absolute atomic E-state index is 4.87. The van der Waals surface area contributed by atoms with E-state index in [0.29, 0.717) is 0 Å². The van der Waals surface area contributed by atoms with Crippen LogP contribution in [0.4, 0.5) is 0 Å². The van der Waals surface area contributed by atoms with Crippen LogP contribution < -0.4 is 0 Å². The van der Waals surface area contributed by atoms with Crippen LogP contribution in [0.1, 0.15) is 64.2 Å². The smallest absolute Gasteiger partial charge is 0.0442 e. The van der Waals surface area contributed by atoms with E-state index in [1.807, 2.05) is 5.01 Å². The van der Waals surface area contributed by atoms with E-state index in [0.717, 1.165) is 11.8 Å². The SMILES string of the molecule is CN(C)N=C(C1CCCCC1)C1CCCCC1. The van der Waals surface area contributed by atoms with Gasteiger partial charge in [-0.05, 0) is 37.5 Å². The molecule has 0 spiro atoms. The van der Waals surface area contributed by atoms with E-state index in [-0.39, 0.29) is 0 Å². The van der Waals surface area contributed by atoms with Gasteiger partial charge in [0, 0.05) is 19.8 Å². The topological polar surface area (TPSA) is 15.6 Å². The molecule has 0 aromatic rings. The van der Waals surface area contributed by atoms with Crippen LogP contribution in [-0.4, -0.2) is 24.8 Å². The molecule has 2 aliphatic carbocycles. The molecule has 0 bridgehead atoms. The second kappa shape index (κ2) is 6.42. The highest BCUT2D eigenvalue weighted by molar-refractivity contribution is 5.89. The van der Waals surface area contributed by atoms with Crippen molar-refractivity contribution in [1.29, 1.82) is 0 Å². The summed E-state index contributed by atoms with van der Waals surface area (Å²) in [5, 5.41) is 6.90. The largest absolute Gasteiger partial charge is 0.303 e. The zero-order chi connectivity index (χ0) is 12.1. The van der Waals surface area contributed by atoms with Gasteiger partial charge in [0.05, 0.1) is 0 Å². The van der Waals surface area contributed by atoms with Gasteiger partial charge in [-0.15, -0.1) is 0 Å². The molecule has 2 fully saturated rings. The lowest BCUT2D eigenvalue weighted by Crippen LogP contribution is -2.29. The van der Waals surface area contributed by atoms with Gasteiger partial charge in [-0.25, -0.2) is 0 Å². The van der Waals surface area contributed by atoms with Crippen molar-refractivity contribution in [2.75, 3.05) is 14.1 Å². The zero-order valence-electron chi connectivity index (χ0n) is 11.6. The minimum atomic E-state index is 0.800. The average Bonchev–Trinajstić information content (AvgIpc) is 2.38. The van der Waals surface area contributed by atoms with Crippen molar-refractivity contribution in [3.8, 4) is 0 Å². The predicted octanol–water partition coefficient (Wildman–Crippen LogP) is 4.06. The van der Waals surface area contributed by atoms with E-state index in [1.54, 1.807) is 5.71 Å². The average molecular weight is 236 g/mol. The molecule has 0 aromatic carbocycles. The van der Waals surface area contributed by atoms with Crippen molar-refractivity contribution in [1.82, 2.24) is 5.01 Å². The lowest BCUT2D eigenvalue weighted by molar-refractivity contribution is 0.363. The third-order valence-corrected chi connectivity index (χ3v) is 4.36. The molecule has 2 aliphatic rings. The standard InChI is InChI=1S/C15H28N2/c1-17(2)16-15(13-9-5-3-6-10-13)14-11-7-4-8-12-14/h13-14H,3-12H2,1-2H3. The minimum Gasteiger partial charge on any atom is -0.303 e. The van der Waals surface area contributed by atoms with Gasteiger partial charge in [-0.1, -0.05) is 38.5 Å². The van der Waals surface area contributed by atoms with Gasteiger partial charge in [-0.2, -0.15) is 5.10 Å². The number of hydrogen-bond donors (Lipinski definition) is 0. The highest BCUT2D eigenvalue weighted by Crippen LogP contribution is 2.33. The fourth-order valence-corrected chi connectivity index (χ4v) is 3.52. The summed E-state index contributed by atoms with van der Waals surface area (Å²) in [4.78, 5) is 0. The molecule has 0 saturated heterocycles. The molecule has 0 aromatic heterocycles. The molecule has 98 valence electrons. The quantitative estimate of drug-likeness (QED) is 0.533. The Balaban J connectivity index is 2.05. The third kappa shape index (κ3) is 3.72. The Morgan fingerprint density at radius 3 is 1.53 bits per heavy atom. The van der Waals surface area contributed by atoms with E-state index in [9.17, 15) is 0 Å². The summed E-state index contributed by atoms with van der Waals surface area (Å²) in [6.45, 7) is 0. The van der Waals surface area contributed by atoms with Crippen molar-refractivity contribution in [2.45, 2.75) is 64.2 Å². The Morgan fingerprint density at radius 2 is 1.18 bits per heavy atom. The number of hydrogen-bond acceptors (Lipinski definition) is 2. The molecule has 0 atom stereocenters. The van der Waals surface area contributed by atoms with E-state index < -0.39 is 0 Å². The number of nitrogens with zero attached hydrogens (tertiary/aromatic N) is 2. The summed E-state index contributed by atoms with van der Waals surface area (Å²) in [5.41, 5.74) is 1.55. The van der Waals surface area contributed by atoms with Crippen molar-refractivity contribution in [3.05, 3.63) is 0 Å². The van der Waals surface area contributed by atoms with Gasteiger partial charge in [0.15, 0.2) is 0 Å². The Labute approximate surface area is 106 Å². The summed E-state index contributed by atoms with van der Waals surface area (Å²) >= 11 is 0. The Hall–Kier alpha value is -0.530. The molecule has 2 rings (SSSR count). The molecule has 17 heavy (non-hydrogen) atoms. The molecule has 0 unspecified atom stereocenters. The van der Waals surface area contributed by atoms with E-state index >= 15 is 0 Å². The first kappa shape index (κ1) is 12.9. The van der Waals surface area contributed by atoms with Crippen LogP contribution in [0.15, 0.2) is 5.10 Å². The van der Waals surface area contributed by atoms with E-state index in [2.05, 4.69) is 14.1 Å². The van der Waals surface area contributed by atoms with Crippen LogP contribution in [0.25, 0.3) is 0 Å². The normalized spacial score (nSPS) is 23.4. The highest BCUT2D eigenvalue weighted by atomic mass is 15.4. The minimum absolute atomic E-state index is 0.800. The van der Waals surface area contributed by atoms with Crippen LogP contribution in [0.5, 0.6) is 0 Å². The first-order valence-corrected chi connectivity index (χ1v) is 7.53. The van der Waals surface area contributed by atoms with Crippen molar-refractivity contribution >= 4 is 5.71 Å². The maximum Gasteiger partial charge on any atom is 0.0442 e. The van der Waals surface area contributed by atoms with E-state index in [4.69, 9.17) is 5.10 Å². The van der Waals surface area contributed by atoms with Crippen molar-refractivity contribution in [3.63, 3.8) is 0 Å². The zero-order valence-corrected chi connectivity index (χ0v) is 11.6. The molecule has 0 radical (unpaired) electrons. The molecule has 0 N–H and O–H groups in total. The third-order valence-electron chi connectivity index (χ3n) is 4.36. The molecule has 2 nitrogen and oxygen atoms in total. The van der Waals surface area contributed by atoms with Crippen LogP contribution in [0.3, 0.4) is 0 Å². The van der Waals surface area contributed by atoms with Gasteiger partial charge < -0.3 is 5.01 Å². The summed E-state index contributed by atoms with van der Waals surface area (Å²) in [6.07, 6.45) is 14.1. The second-order valence-corrected chi connectivity index (χ2v) is 6.04. The van der Waals surface area contributed by atoms with Crippen LogP contribution in [-0.2, 0) is 0 Å². The molecular formula is C15H28N2. The summed E-state index contributed by atoms with van der Waals surface area (Å²) < 4.78 is 0. The Bertz CT molecular complexity index is 226. The van der Waals surface area contributed by atoms with Crippen LogP contribution in [0, 0.1) is 11.8 Å². The summed E-state index contributed by atoms with van der Waals surface area (Å²) in [6, 6.07) is 0. The van der Waals surface area contributed by atoms with Gasteiger partial charge in [0.2, 0.25) is 0 Å². The first-order valence-electron chi connectivity index (χ1n) is 7.53. The van der Waals surface area contributed by atoms with Crippen LogP contribution >= 0.6 is 0 Å². The number of hydrazone groups is 1. The van der Waals surface area contributed by atoms with Gasteiger partial charge in [-0.3, -0.25) is 0 Å². The monoisotopic (exact) mass is 236 g/mol. The fourth-order valence-electron chi connectivity index (χ4n) is 3.52. The Kier molecular flexibility index (Phi) is 4.87. The molecule has 2 saturated carbocycles. The van der Waals surface area contributed by atoms with Gasteiger partial charge in [0.1, 0.15) is 0 Å². The fraction of sp³-hybridized carbons (Fsp3) is 0.933. The van der Waals surface area contributed by atoms with Crippen molar-refractivity contribution < 1.29 is 0 Å². The van der Waals surface area contributed by atoms with Crippen LogP contribution in [0.2, 0.25) is 0 Å². The summed E-state index contributed by atoms with van der Waals surface area (Å²) in [7, 11) is 4.15. The lowest BCUT2D eigenvalue weighted by Gasteiger charge is -2.31.